The Balaban J connectivity index is 2.55. The van der Waals surface area contributed by atoms with Crippen LogP contribution in [0.4, 0.5) is 11.5 Å². The average Bonchev–Trinajstić information content (AvgIpc) is 2.20. The predicted octanol–water partition coefficient (Wildman–Crippen LogP) is 1.46. The molecule has 0 aliphatic heterocycles. The summed E-state index contributed by atoms with van der Waals surface area (Å²) in [6.07, 6.45) is 2.52. The van der Waals surface area contributed by atoms with Crippen molar-refractivity contribution in [2.45, 2.75) is 19.4 Å². The summed E-state index contributed by atoms with van der Waals surface area (Å²) in [5.41, 5.74) is 6.25. The molecule has 3 N–H and O–H groups in total. The zero-order valence-electron chi connectivity index (χ0n) is 9.87. The van der Waals surface area contributed by atoms with E-state index in [4.69, 9.17) is 17.3 Å². The molecule has 5 nitrogen and oxygen atoms in total. The minimum absolute atomic E-state index is 0.205. The topological polar surface area (TPSA) is 67.1 Å². The minimum Gasteiger partial charge on any atom is -0.394 e. The lowest BCUT2D eigenvalue weighted by Crippen LogP contribution is -2.23. The van der Waals surface area contributed by atoms with E-state index >= 15 is 0 Å². The highest BCUT2D eigenvalue weighted by atomic mass is 35.5. The van der Waals surface area contributed by atoms with Crippen LogP contribution >= 0.6 is 11.6 Å². The summed E-state index contributed by atoms with van der Waals surface area (Å²) in [7, 11) is 4.09. The van der Waals surface area contributed by atoms with Crippen molar-refractivity contribution in [3.63, 3.8) is 0 Å². The van der Waals surface area contributed by atoms with E-state index in [0.717, 1.165) is 13.0 Å². The van der Waals surface area contributed by atoms with E-state index in [1.165, 1.54) is 6.20 Å². The molecule has 0 bridgehead atoms. The van der Waals surface area contributed by atoms with Crippen LogP contribution in [0, 0.1) is 0 Å². The number of nitrogens with zero attached hydrogens (tertiary/aromatic N) is 3. The highest BCUT2D eigenvalue weighted by molar-refractivity contribution is 6.28. The Labute approximate surface area is 101 Å². The van der Waals surface area contributed by atoms with Gasteiger partial charge in [-0.15, -0.1) is 0 Å². The van der Waals surface area contributed by atoms with Crippen LogP contribution in [0.25, 0.3) is 0 Å². The maximum atomic E-state index is 5.74. The SMILES string of the molecule is CC(CCN(C)C)Nc1nc(Cl)ncc1N. The number of rotatable bonds is 5. The highest BCUT2D eigenvalue weighted by Crippen LogP contribution is 2.17. The molecule has 0 aliphatic rings. The Kier molecular flexibility index (Phi) is 4.76. The molecule has 1 heterocycles. The first-order valence-corrected chi connectivity index (χ1v) is 5.56. The van der Waals surface area contributed by atoms with Crippen LogP contribution in [0.3, 0.4) is 0 Å². The molecule has 1 unspecified atom stereocenters. The highest BCUT2D eigenvalue weighted by Gasteiger charge is 2.07. The normalized spacial score (nSPS) is 12.8. The van der Waals surface area contributed by atoms with Gasteiger partial charge in [0.05, 0.1) is 11.9 Å². The molecule has 90 valence electrons. The molecule has 6 heteroatoms. The van der Waals surface area contributed by atoms with Crippen LogP contribution in [0.1, 0.15) is 13.3 Å². The summed E-state index contributed by atoms with van der Waals surface area (Å²) in [6, 6.07) is 0.288. The van der Waals surface area contributed by atoms with Crippen molar-refractivity contribution >= 4 is 23.1 Å². The molecule has 0 saturated carbocycles. The van der Waals surface area contributed by atoms with Gasteiger partial charge in [0.2, 0.25) is 5.28 Å². The lowest BCUT2D eigenvalue weighted by Gasteiger charge is -2.17. The number of anilines is 2. The van der Waals surface area contributed by atoms with Crippen LogP contribution in [-0.2, 0) is 0 Å². The molecule has 1 rings (SSSR count). The molecule has 1 aromatic rings. The van der Waals surface area contributed by atoms with Gasteiger partial charge in [-0.25, -0.2) is 4.98 Å². The zero-order chi connectivity index (χ0) is 12.1. The third-order valence-corrected chi connectivity index (χ3v) is 2.36. The van der Waals surface area contributed by atoms with Gasteiger partial charge in [-0.05, 0) is 45.6 Å². The fourth-order valence-corrected chi connectivity index (χ4v) is 1.38. The second-order valence-corrected chi connectivity index (χ2v) is 4.42. The Morgan fingerprint density at radius 1 is 1.56 bits per heavy atom. The van der Waals surface area contributed by atoms with Crippen LogP contribution in [-0.4, -0.2) is 41.5 Å². The fraction of sp³-hybridized carbons (Fsp3) is 0.600. The summed E-state index contributed by atoms with van der Waals surface area (Å²) in [5, 5.41) is 3.42. The first-order valence-electron chi connectivity index (χ1n) is 5.18. The average molecular weight is 244 g/mol. The van der Waals surface area contributed by atoms with Gasteiger partial charge in [0.25, 0.3) is 0 Å². The number of aromatic nitrogens is 2. The molecule has 0 aliphatic carbocycles. The summed E-state index contributed by atoms with van der Waals surface area (Å²) in [6.45, 7) is 3.09. The maximum absolute atomic E-state index is 5.74. The number of nitrogens with one attached hydrogen (secondary N) is 1. The van der Waals surface area contributed by atoms with E-state index in [-0.39, 0.29) is 11.3 Å². The number of hydrogen-bond acceptors (Lipinski definition) is 5. The summed E-state index contributed by atoms with van der Waals surface area (Å²) in [5.74, 6) is 0.603. The second kappa shape index (κ2) is 5.86. The molecule has 0 saturated heterocycles. The monoisotopic (exact) mass is 243 g/mol. The van der Waals surface area contributed by atoms with Crippen molar-refractivity contribution in [2.24, 2.45) is 0 Å². The van der Waals surface area contributed by atoms with E-state index in [0.29, 0.717) is 11.5 Å². The molecule has 0 fully saturated rings. The van der Waals surface area contributed by atoms with Crippen molar-refractivity contribution < 1.29 is 0 Å². The fourth-order valence-electron chi connectivity index (χ4n) is 1.24. The molecule has 0 radical (unpaired) electrons. The van der Waals surface area contributed by atoms with E-state index < -0.39 is 0 Å². The van der Waals surface area contributed by atoms with Crippen LogP contribution in [0.5, 0.6) is 0 Å². The van der Waals surface area contributed by atoms with E-state index in [1.54, 1.807) is 0 Å². The zero-order valence-corrected chi connectivity index (χ0v) is 10.6. The van der Waals surface area contributed by atoms with Crippen LogP contribution in [0.15, 0.2) is 6.20 Å². The van der Waals surface area contributed by atoms with Gasteiger partial charge in [-0.1, -0.05) is 0 Å². The van der Waals surface area contributed by atoms with Gasteiger partial charge in [-0.3, -0.25) is 0 Å². The maximum Gasteiger partial charge on any atom is 0.224 e. The van der Waals surface area contributed by atoms with Gasteiger partial charge >= 0.3 is 0 Å². The largest absolute Gasteiger partial charge is 0.394 e. The van der Waals surface area contributed by atoms with Gasteiger partial charge < -0.3 is 16.0 Å². The van der Waals surface area contributed by atoms with Gasteiger partial charge in [-0.2, -0.15) is 4.98 Å². The van der Waals surface area contributed by atoms with Gasteiger partial charge in [0, 0.05) is 6.04 Å². The Morgan fingerprint density at radius 3 is 2.88 bits per heavy atom. The number of hydrogen-bond donors (Lipinski definition) is 2. The summed E-state index contributed by atoms with van der Waals surface area (Å²) < 4.78 is 0. The van der Waals surface area contributed by atoms with Crippen molar-refractivity contribution in [3.05, 3.63) is 11.5 Å². The lowest BCUT2D eigenvalue weighted by molar-refractivity contribution is 0.390. The first-order chi connectivity index (χ1) is 7.49. The van der Waals surface area contributed by atoms with Crippen molar-refractivity contribution in [1.82, 2.24) is 14.9 Å². The predicted molar refractivity (Wildman–Crippen MR) is 67.7 cm³/mol. The molecule has 0 amide bonds. The van der Waals surface area contributed by atoms with E-state index in [9.17, 15) is 0 Å². The first kappa shape index (κ1) is 13.0. The second-order valence-electron chi connectivity index (χ2n) is 4.08. The molecule has 0 aromatic carbocycles. The molecule has 0 spiro atoms. The Morgan fingerprint density at radius 2 is 2.25 bits per heavy atom. The molecular weight excluding hydrogens is 226 g/mol. The molecule has 1 aromatic heterocycles. The smallest absolute Gasteiger partial charge is 0.224 e. The number of nitrogen functional groups attached to an aromatic ring is 1. The standard InChI is InChI=1S/C10H18ClN5/c1-7(4-5-16(2)3)14-9-8(12)6-13-10(11)15-9/h6-7H,4-5,12H2,1-3H3,(H,13,14,15). The quantitative estimate of drug-likeness (QED) is 0.767. The molecular formula is C10H18ClN5. The third-order valence-electron chi connectivity index (χ3n) is 2.18. The third kappa shape index (κ3) is 4.20. The van der Waals surface area contributed by atoms with Gasteiger partial charge in [0.15, 0.2) is 5.82 Å². The number of nitrogens with two attached hydrogens (primary N) is 1. The van der Waals surface area contributed by atoms with Crippen LogP contribution in [0.2, 0.25) is 5.28 Å². The lowest BCUT2D eigenvalue weighted by atomic mass is 10.2. The van der Waals surface area contributed by atoms with E-state index in [2.05, 4.69) is 27.1 Å². The van der Waals surface area contributed by atoms with Crippen molar-refractivity contribution in [2.75, 3.05) is 31.7 Å². The van der Waals surface area contributed by atoms with Crippen molar-refractivity contribution in [1.29, 1.82) is 0 Å². The number of halogens is 1. The minimum atomic E-state index is 0.205. The van der Waals surface area contributed by atoms with E-state index in [1.807, 2.05) is 14.1 Å². The molecule has 16 heavy (non-hydrogen) atoms. The van der Waals surface area contributed by atoms with Crippen molar-refractivity contribution in [3.8, 4) is 0 Å². The summed E-state index contributed by atoms with van der Waals surface area (Å²) in [4.78, 5) is 9.98. The molecule has 1 atom stereocenters. The Bertz CT molecular complexity index is 342. The van der Waals surface area contributed by atoms with Crippen LogP contribution < -0.4 is 11.1 Å². The van der Waals surface area contributed by atoms with Gasteiger partial charge in [0.1, 0.15) is 0 Å². The summed E-state index contributed by atoms with van der Waals surface area (Å²) >= 11 is 5.70. The Hall–Kier alpha value is -1.07.